The zero-order valence-corrected chi connectivity index (χ0v) is 14.8. The van der Waals surface area contributed by atoms with Gasteiger partial charge in [0.1, 0.15) is 23.2 Å². The molecule has 0 fully saturated rings. The molecule has 4 heterocycles. The van der Waals surface area contributed by atoms with Gasteiger partial charge in [-0.05, 0) is 39.8 Å². The summed E-state index contributed by atoms with van der Waals surface area (Å²) >= 11 is 0. The molecule has 4 aromatic heterocycles. The van der Waals surface area contributed by atoms with E-state index in [1.54, 1.807) is 26.3 Å². The molecular formula is C18H16N6O2. The van der Waals surface area contributed by atoms with Gasteiger partial charge in [-0.15, -0.1) is 0 Å². The Morgan fingerprint density at radius 2 is 1.12 bits per heavy atom. The van der Waals surface area contributed by atoms with Crippen LogP contribution in [0.3, 0.4) is 0 Å². The van der Waals surface area contributed by atoms with Gasteiger partial charge in [0.25, 0.3) is 0 Å². The van der Waals surface area contributed by atoms with E-state index in [-0.39, 0.29) is 0 Å². The molecule has 0 bridgehead atoms. The van der Waals surface area contributed by atoms with Gasteiger partial charge in [0.05, 0.1) is 34.6 Å². The molecule has 4 rings (SSSR count). The molecule has 0 atom stereocenters. The molecule has 0 aliphatic carbocycles. The first-order chi connectivity index (χ1) is 12.5. The van der Waals surface area contributed by atoms with Crippen molar-refractivity contribution >= 4 is 34.6 Å². The van der Waals surface area contributed by atoms with E-state index in [2.05, 4.69) is 30.1 Å². The van der Waals surface area contributed by atoms with Crippen LogP contribution < -0.4 is 0 Å². The number of aryl methyl sites for hydroxylation is 4. The Morgan fingerprint density at radius 3 is 1.54 bits per heavy atom. The molecule has 0 aliphatic heterocycles. The lowest BCUT2D eigenvalue weighted by Crippen LogP contribution is -1.95. The highest BCUT2D eigenvalue weighted by molar-refractivity contribution is 5.96. The van der Waals surface area contributed by atoms with Gasteiger partial charge in [0.2, 0.25) is 11.4 Å². The Morgan fingerprint density at radius 1 is 0.692 bits per heavy atom. The number of rotatable bonds is 3. The maximum absolute atomic E-state index is 5.55. The molecule has 8 nitrogen and oxygen atoms in total. The van der Waals surface area contributed by atoms with E-state index in [9.17, 15) is 0 Å². The van der Waals surface area contributed by atoms with Gasteiger partial charge in [0, 0.05) is 0 Å². The van der Waals surface area contributed by atoms with E-state index >= 15 is 0 Å². The van der Waals surface area contributed by atoms with Crippen LogP contribution in [0.2, 0.25) is 0 Å². The zero-order valence-electron chi connectivity index (χ0n) is 14.8. The van der Waals surface area contributed by atoms with Crippen LogP contribution in [0.15, 0.2) is 31.2 Å². The summed E-state index contributed by atoms with van der Waals surface area (Å²) in [7, 11) is 0. The Balaban J connectivity index is 1.67. The number of hydrogen-bond acceptors (Lipinski definition) is 8. The number of aromatic nitrogens is 4. The molecule has 8 heteroatoms. The summed E-state index contributed by atoms with van der Waals surface area (Å²) in [4.78, 5) is 17.3. The highest BCUT2D eigenvalue weighted by Gasteiger charge is 2.10. The standard InChI is InChI=1S/C18H16N6O2/c1-9-5-13-15(21-11(3)23-17(13)25-9)7-19-20-8-16-14-6-10(2)26-18(14)24-12(4)22-16/h5-8H,1-4H3/b19-7+,20-8+. The smallest absolute Gasteiger partial charge is 0.230 e. The zero-order chi connectivity index (χ0) is 18.3. The van der Waals surface area contributed by atoms with Crippen molar-refractivity contribution in [2.45, 2.75) is 27.7 Å². The Labute approximate surface area is 148 Å². The first-order valence-electron chi connectivity index (χ1n) is 8.05. The van der Waals surface area contributed by atoms with Crippen molar-refractivity contribution in [3.8, 4) is 0 Å². The third kappa shape index (κ3) is 2.97. The average Bonchev–Trinajstić information content (AvgIpc) is 3.12. The van der Waals surface area contributed by atoms with Crippen molar-refractivity contribution in [3.63, 3.8) is 0 Å². The normalized spacial score (nSPS) is 12.3. The Bertz CT molecular complexity index is 1090. The molecule has 0 spiro atoms. The number of fused-ring (bicyclic) bond motifs is 2. The lowest BCUT2D eigenvalue weighted by atomic mass is 10.3. The summed E-state index contributed by atoms with van der Waals surface area (Å²) in [5.41, 5.74) is 2.40. The minimum Gasteiger partial charge on any atom is -0.443 e. The van der Waals surface area contributed by atoms with Crippen LogP contribution in [-0.4, -0.2) is 32.4 Å². The van der Waals surface area contributed by atoms with E-state index in [1.807, 2.05) is 26.0 Å². The summed E-state index contributed by atoms with van der Waals surface area (Å²) in [5, 5.41) is 9.81. The summed E-state index contributed by atoms with van der Waals surface area (Å²) < 4.78 is 11.1. The molecule has 0 unspecified atom stereocenters. The molecular weight excluding hydrogens is 332 g/mol. The predicted octanol–water partition coefficient (Wildman–Crippen LogP) is 3.45. The molecule has 0 radical (unpaired) electrons. The third-order valence-electron chi connectivity index (χ3n) is 3.74. The second-order valence-corrected chi connectivity index (χ2v) is 5.95. The van der Waals surface area contributed by atoms with E-state index in [4.69, 9.17) is 8.83 Å². The van der Waals surface area contributed by atoms with Gasteiger partial charge in [-0.25, -0.2) is 9.97 Å². The summed E-state index contributed by atoms with van der Waals surface area (Å²) in [6.07, 6.45) is 3.16. The Kier molecular flexibility index (Phi) is 3.80. The second kappa shape index (κ2) is 6.14. The van der Waals surface area contributed by atoms with Gasteiger partial charge in [-0.2, -0.15) is 20.2 Å². The second-order valence-electron chi connectivity index (χ2n) is 5.95. The molecule has 0 N–H and O–H groups in total. The minimum atomic E-state index is 0.544. The molecule has 4 aromatic rings. The summed E-state index contributed by atoms with van der Waals surface area (Å²) in [6, 6.07) is 3.76. The molecule has 0 aromatic carbocycles. The summed E-state index contributed by atoms with van der Waals surface area (Å²) in [6.45, 7) is 7.34. The lowest BCUT2D eigenvalue weighted by Gasteiger charge is -1.96. The van der Waals surface area contributed by atoms with Gasteiger partial charge in [-0.3, -0.25) is 0 Å². The number of nitrogens with zero attached hydrogens (tertiary/aromatic N) is 6. The van der Waals surface area contributed by atoms with Crippen LogP contribution in [0.1, 0.15) is 34.6 Å². The van der Waals surface area contributed by atoms with E-state index < -0.39 is 0 Å². The van der Waals surface area contributed by atoms with Crippen molar-refractivity contribution in [1.29, 1.82) is 0 Å². The topological polar surface area (TPSA) is 103 Å². The van der Waals surface area contributed by atoms with Gasteiger partial charge >= 0.3 is 0 Å². The largest absolute Gasteiger partial charge is 0.443 e. The van der Waals surface area contributed by atoms with Crippen LogP contribution in [0.25, 0.3) is 22.2 Å². The molecule has 0 aliphatic rings. The van der Waals surface area contributed by atoms with E-state index in [1.165, 1.54) is 0 Å². The number of furan rings is 2. The van der Waals surface area contributed by atoms with E-state index in [0.29, 0.717) is 34.5 Å². The third-order valence-corrected chi connectivity index (χ3v) is 3.74. The monoisotopic (exact) mass is 348 g/mol. The Hall–Kier alpha value is -3.42. The minimum absolute atomic E-state index is 0.544. The van der Waals surface area contributed by atoms with Crippen molar-refractivity contribution in [3.05, 3.63) is 46.7 Å². The molecule has 0 amide bonds. The van der Waals surface area contributed by atoms with Crippen LogP contribution in [0.5, 0.6) is 0 Å². The fourth-order valence-corrected chi connectivity index (χ4v) is 2.72. The molecule has 26 heavy (non-hydrogen) atoms. The molecule has 0 saturated carbocycles. The van der Waals surface area contributed by atoms with Crippen LogP contribution in [0, 0.1) is 27.7 Å². The van der Waals surface area contributed by atoms with Crippen molar-refractivity contribution in [1.82, 2.24) is 19.9 Å². The van der Waals surface area contributed by atoms with E-state index in [0.717, 1.165) is 22.3 Å². The molecule has 130 valence electrons. The number of hydrogen-bond donors (Lipinski definition) is 0. The van der Waals surface area contributed by atoms with Gasteiger partial charge in [0.15, 0.2) is 0 Å². The predicted molar refractivity (Wildman–Crippen MR) is 97.7 cm³/mol. The summed E-state index contributed by atoms with van der Waals surface area (Å²) in [5.74, 6) is 2.76. The molecule has 0 saturated heterocycles. The quantitative estimate of drug-likeness (QED) is 0.415. The first kappa shape index (κ1) is 16.1. The fraction of sp³-hybridized carbons (Fsp3) is 0.222. The first-order valence-corrected chi connectivity index (χ1v) is 8.05. The highest BCUT2D eigenvalue weighted by Crippen LogP contribution is 2.20. The lowest BCUT2D eigenvalue weighted by molar-refractivity contribution is 0.565. The van der Waals surface area contributed by atoms with Crippen LogP contribution in [-0.2, 0) is 0 Å². The van der Waals surface area contributed by atoms with Crippen LogP contribution in [0.4, 0.5) is 0 Å². The maximum atomic E-state index is 5.55. The SMILES string of the molecule is Cc1nc(/C=N/N=C/c2nc(C)nc3oc(C)cc23)c2cc(C)oc2n1. The maximum Gasteiger partial charge on any atom is 0.230 e. The van der Waals surface area contributed by atoms with Crippen molar-refractivity contribution in [2.24, 2.45) is 10.2 Å². The van der Waals surface area contributed by atoms with Crippen molar-refractivity contribution < 1.29 is 8.83 Å². The fourth-order valence-electron chi connectivity index (χ4n) is 2.72. The van der Waals surface area contributed by atoms with Gasteiger partial charge in [-0.1, -0.05) is 0 Å². The highest BCUT2D eigenvalue weighted by atomic mass is 16.3. The average molecular weight is 348 g/mol. The van der Waals surface area contributed by atoms with Crippen LogP contribution >= 0.6 is 0 Å². The van der Waals surface area contributed by atoms with Crippen molar-refractivity contribution in [2.75, 3.05) is 0 Å². The van der Waals surface area contributed by atoms with Gasteiger partial charge < -0.3 is 8.83 Å².